The zero-order chi connectivity index (χ0) is 21.5. The van der Waals surface area contributed by atoms with Crippen LogP contribution in [-0.2, 0) is 27.1 Å². The van der Waals surface area contributed by atoms with Crippen molar-refractivity contribution in [2.75, 3.05) is 6.61 Å². The molecule has 3 saturated carbocycles. The van der Waals surface area contributed by atoms with E-state index >= 15 is 0 Å². The summed E-state index contributed by atoms with van der Waals surface area (Å²) in [6.07, 6.45) is 9.04. The molecule has 162 valence electrons. The van der Waals surface area contributed by atoms with Crippen LogP contribution >= 0.6 is 0 Å². The van der Waals surface area contributed by atoms with Crippen LogP contribution in [0.15, 0.2) is 30.3 Å². The minimum Gasteiger partial charge on any atom is -0.367 e. The molecule has 0 amide bonds. The first kappa shape index (κ1) is 20.5. The van der Waals surface area contributed by atoms with Crippen LogP contribution in [0.25, 0.3) is 0 Å². The highest BCUT2D eigenvalue weighted by Gasteiger charge is 2.49. The van der Waals surface area contributed by atoms with Crippen LogP contribution in [0.4, 0.5) is 0 Å². The van der Waals surface area contributed by atoms with Crippen LogP contribution in [0.1, 0.15) is 74.1 Å². The molecule has 5 rings (SSSR count). The number of aryl methyl sites for hydroxylation is 1. The van der Waals surface area contributed by atoms with Gasteiger partial charge in [0.1, 0.15) is 29.5 Å². The number of hydrogen-bond donors (Lipinski definition) is 0. The van der Waals surface area contributed by atoms with Crippen molar-refractivity contribution in [3.05, 3.63) is 53.1 Å². The first-order chi connectivity index (χ1) is 15.1. The topological polar surface area (TPSA) is 67.9 Å². The Hall–Kier alpha value is -2.45. The van der Waals surface area contributed by atoms with Gasteiger partial charge in [0.25, 0.3) is 0 Å². The minimum atomic E-state index is -0.515. The summed E-state index contributed by atoms with van der Waals surface area (Å²) in [4.78, 5) is 17.3. The average Bonchev–Trinajstić information content (AvgIpc) is 3.73. The molecular formula is C26H31N3O2. The van der Waals surface area contributed by atoms with Gasteiger partial charge in [-0.15, -0.1) is 0 Å². The number of nitriles is 1. The van der Waals surface area contributed by atoms with E-state index in [4.69, 9.17) is 9.72 Å². The number of hydrogen-bond acceptors (Lipinski definition) is 4. The molecule has 1 heterocycles. The fourth-order valence-corrected chi connectivity index (χ4v) is 5.14. The summed E-state index contributed by atoms with van der Waals surface area (Å²) in [7, 11) is 0. The first-order valence-electron chi connectivity index (χ1n) is 11.7. The summed E-state index contributed by atoms with van der Waals surface area (Å²) in [5, 5.41) is 9.83. The highest BCUT2D eigenvalue weighted by Crippen LogP contribution is 2.49. The quantitative estimate of drug-likeness (QED) is 0.578. The molecule has 0 aliphatic heterocycles. The molecule has 0 unspecified atom stereocenters. The molecule has 31 heavy (non-hydrogen) atoms. The number of rotatable bonds is 8. The van der Waals surface area contributed by atoms with Crippen LogP contribution in [-0.4, -0.2) is 22.4 Å². The maximum Gasteiger partial charge on any atom is 0.143 e. The smallest absolute Gasteiger partial charge is 0.143 e. The molecule has 3 aliphatic rings. The molecule has 0 radical (unpaired) electrons. The highest BCUT2D eigenvalue weighted by molar-refractivity contribution is 5.69. The lowest BCUT2D eigenvalue weighted by Gasteiger charge is -2.44. The Morgan fingerprint density at radius 3 is 2.39 bits per heavy atom. The number of benzene rings is 1. The fourth-order valence-electron chi connectivity index (χ4n) is 5.14. The van der Waals surface area contributed by atoms with Crippen molar-refractivity contribution in [3.63, 3.8) is 0 Å². The molecule has 5 heteroatoms. The van der Waals surface area contributed by atoms with Gasteiger partial charge in [-0.25, -0.2) is 4.98 Å². The third kappa shape index (κ3) is 3.83. The average molecular weight is 418 g/mol. The third-order valence-electron chi connectivity index (χ3n) is 7.61. The minimum absolute atomic E-state index is 0.464. The van der Waals surface area contributed by atoms with Crippen LogP contribution < -0.4 is 0 Å². The van der Waals surface area contributed by atoms with E-state index in [9.17, 15) is 10.1 Å². The molecule has 0 saturated heterocycles. The predicted octanol–water partition coefficient (Wildman–Crippen LogP) is 4.81. The number of carbonyl (C=O) groups excluding carboxylic acids is 1. The molecule has 0 spiro atoms. The Morgan fingerprint density at radius 2 is 1.81 bits per heavy atom. The van der Waals surface area contributed by atoms with Crippen LogP contribution in [0, 0.1) is 30.1 Å². The van der Waals surface area contributed by atoms with Gasteiger partial charge < -0.3 is 14.1 Å². The van der Waals surface area contributed by atoms with Gasteiger partial charge in [-0.1, -0.05) is 30.3 Å². The van der Waals surface area contributed by atoms with Gasteiger partial charge in [0.15, 0.2) is 0 Å². The second kappa shape index (κ2) is 7.91. The van der Waals surface area contributed by atoms with Gasteiger partial charge in [0.2, 0.25) is 0 Å². The number of carbonyl (C=O) groups is 1. The van der Waals surface area contributed by atoms with Crippen molar-refractivity contribution in [3.8, 4) is 6.07 Å². The summed E-state index contributed by atoms with van der Waals surface area (Å²) in [6.45, 7) is 3.53. The van der Waals surface area contributed by atoms with E-state index in [1.165, 1.54) is 25.7 Å². The van der Waals surface area contributed by atoms with Crippen molar-refractivity contribution in [2.45, 2.75) is 75.9 Å². The second-order valence-corrected chi connectivity index (χ2v) is 9.92. The van der Waals surface area contributed by atoms with E-state index in [0.29, 0.717) is 17.5 Å². The Labute approximate surface area is 184 Å². The number of aldehydes is 1. The number of nitrogens with zero attached hydrogens (tertiary/aromatic N) is 3. The zero-order valence-electron chi connectivity index (χ0n) is 18.3. The van der Waals surface area contributed by atoms with Crippen molar-refractivity contribution in [1.82, 2.24) is 9.55 Å². The molecular weight excluding hydrogens is 386 g/mol. The number of aromatic nitrogens is 2. The monoisotopic (exact) mass is 417 g/mol. The Kier molecular flexibility index (Phi) is 5.22. The van der Waals surface area contributed by atoms with Gasteiger partial charge >= 0.3 is 0 Å². The predicted molar refractivity (Wildman–Crippen MR) is 117 cm³/mol. The molecule has 0 N–H and O–H groups in total. The van der Waals surface area contributed by atoms with E-state index in [2.05, 4.69) is 22.8 Å². The highest BCUT2D eigenvalue weighted by atomic mass is 16.5. The largest absolute Gasteiger partial charge is 0.367 e. The number of imidazole rings is 1. The Bertz CT molecular complexity index is 988. The lowest BCUT2D eigenvalue weighted by molar-refractivity contribution is -0.123. The van der Waals surface area contributed by atoms with Crippen molar-refractivity contribution in [1.29, 1.82) is 5.26 Å². The van der Waals surface area contributed by atoms with E-state index in [1.54, 1.807) is 0 Å². The normalized spacial score (nSPS) is 28.3. The molecule has 3 aliphatic carbocycles. The van der Waals surface area contributed by atoms with Gasteiger partial charge in [0, 0.05) is 6.54 Å². The lowest BCUT2D eigenvalue weighted by atomic mass is 9.65. The molecule has 0 bridgehead atoms. The molecule has 0 atom stereocenters. The third-order valence-corrected chi connectivity index (χ3v) is 7.61. The molecule has 1 aromatic heterocycles. The fraction of sp³-hybridized carbons (Fsp3) is 0.577. The van der Waals surface area contributed by atoms with E-state index < -0.39 is 11.0 Å². The van der Waals surface area contributed by atoms with Crippen LogP contribution in [0.2, 0.25) is 0 Å². The van der Waals surface area contributed by atoms with Gasteiger partial charge in [-0.3, -0.25) is 0 Å². The zero-order valence-corrected chi connectivity index (χ0v) is 18.3. The maximum atomic E-state index is 12.3. The number of ether oxygens (including phenoxy) is 1. The lowest BCUT2D eigenvalue weighted by Crippen LogP contribution is -2.44. The summed E-state index contributed by atoms with van der Waals surface area (Å²) in [6, 6.07) is 12.5. The Morgan fingerprint density at radius 1 is 1.13 bits per heavy atom. The van der Waals surface area contributed by atoms with Crippen molar-refractivity contribution in [2.24, 2.45) is 11.8 Å². The van der Waals surface area contributed by atoms with Crippen molar-refractivity contribution < 1.29 is 9.53 Å². The van der Waals surface area contributed by atoms with Gasteiger partial charge in [0.05, 0.1) is 17.7 Å². The van der Waals surface area contributed by atoms with E-state index in [1.807, 2.05) is 25.1 Å². The Balaban J connectivity index is 1.50. The summed E-state index contributed by atoms with van der Waals surface area (Å²) in [5.41, 5.74) is 1.58. The summed E-state index contributed by atoms with van der Waals surface area (Å²) < 4.78 is 8.85. The molecule has 2 aromatic rings. The SMILES string of the molecule is Cc1nc([C@]2(OCC3CC3)CC[C@](C=O)(c3ccccc3)CC2)n(CC2CC2)c1C#N. The van der Waals surface area contributed by atoms with Crippen molar-refractivity contribution >= 4 is 6.29 Å². The first-order valence-corrected chi connectivity index (χ1v) is 11.7. The van der Waals surface area contributed by atoms with Crippen LogP contribution in [0.3, 0.4) is 0 Å². The molecule has 1 aromatic carbocycles. The van der Waals surface area contributed by atoms with Gasteiger partial charge in [-0.2, -0.15) is 5.26 Å². The second-order valence-electron chi connectivity index (χ2n) is 9.92. The van der Waals surface area contributed by atoms with Crippen LogP contribution in [0.5, 0.6) is 0 Å². The summed E-state index contributed by atoms with van der Waals surface area (Å²) in [5.74, 6) is 2.20. The molecule has 3 fully saturated rings. The van der Waals surface area contributed by atoms with E-state index in [-0.39, 0.29) is 0 Å². The van der Waals surface area contributed by atoms with E-state index in [0.717, 1.165) is 62.2 Å². The molecule has 5 nitrogen and oxygen atoms in total. The maximum absolute atomic E-state index is 12.3. The standard InChI is InChI=1S/C26H31N3O2/c1-19-23(15-27)29(16-20-7-8-20)24(28-19)26(31-17-21-9-10-21)13-11-25(18-30,12-14-26)22-5-3-2-4-6-22/h2-6,18,20-21H,7-14,16-17H2,1H3/t25-,26-. The summed E-state index contributed by atoms with van der Waals surface area (Å²) >= 11 is 0. The van der Waals surface area contributed by atoms with Gasteiger partial charge in [-0.05, 0) is 75.7 Å².